The smallest absolute Gasteiger partial charge is 0.176 e. The van der Waals surface area contributed by atoms with Crippen LogP contribution in [-0.2, 0) is 4.79 Å². The van der Waals surface area contributed by atoms with Gasteiger partial charge in [0.1, 0.15) is 0 Å². The number of alkyl halides is 1. The molecule has 0 radical (unpaired) electrons. The molecule has 17 heavy (non-hydrogen) atoms. The normalized spacial score (nSPS) is 27.4. The molecule has 1 aliphatic rings. The fourth-order valence-electron chi connectivity index (χ4n) is 2.36. The fourth-order valence-corrected chi connectivity index (χ4v) is 2.61. The van der Waals surface area contributed by atoms with Gasteiger partial charge in [0.15, 0.2) is 5.78 Å². The number of carbonyl (C=O) groups excluding carboxylic acids is 1. The summed E-state index contributed by atoms with van der Waals surface area (Å²) in [4.78, 5) is 12.1. The van der Waals surface area contributed by atoms with E-state index in [4.69, 9.17) is 11.6 Å². The first-order valence-electron chi connectivity index (χ1n) is 6.17. The summed E-state index contributed by atoms with van der Waals surface area (Å²) in [7, 11) is 0. The van der Waals surface area contributed by atoms with Gasteiger partial charge in [0.05, 0.1) is 5.38 Å². The summed E-state index contributed by atoms with van der Waals surface area (Å²) >= 11 is 6.06. The molecule has 0 saturated heterocycles. The molecular formula is C15H17ClO. The maximum Gasteiger partial charge on any atom is 0.176 e. The topological polar surface area (TPSA) is 17.1 Å². The Kier molecular flexibility index (Phi) is 4.01. The first kappa shape index (κ1) is 12.4. The third kappa shape index (κ3) is 2.78. The van der Waals surface area contributed by atoms with Crippen molar-refractivity contribution >= 4 is 23.5 Å². The van der Waals surface area contributed by atoms with Crippen LogP contribution in [-0.4, -0.2) is 11.2 Å². The van der Waals surface area contributed by atoms with Crippen molar-refractivity contribution in [2.24, 2.45) is 5.92 Å². The summed E-state index contributed by atoms with van der Waals surface area (Å²) in [5.41, 5.74) is 1.99. The molecule has 1 aromatic rings. The molecule has 2 heteroatoms. The lowest BCUT2D eigenvalue weighted by Gasteiger charge is -2.26. The van der Waals surface area contributed by atoms with Crippen molar-refractivity contribution in [2.75, 3.05) is 0 Å². The first-order valence-corrected chi connectivity index (χ1v) is 6.61. The van der Waals surface area contributed by atoms with Crippen LogP contribution >= 0.6 is 11.6 Å². The lowest BCUT2D eigenvalue weighted by molar-refractivity contribution is -0.116. The van der Waals surface area contributed by atoms with Crippen LogP contribution in [0.1, 0.15) is 31.7 Å². The second-order valence-electron chi connectivity index (χ2n) is 4.52. The molecule has 0 N–H and O–H groups in total. The molecule has 0 bridgehead atoms. The third-order valence-electron chi connectivity index (χ3n) is 3.39. The number of allylic oxidation sites excluding steroid dienone is 1. The van der Waals surface area contributed by atoms with Crippen molar-refractivity contribution in [2.45, 2.75) is 31.6 Å². The number of halogens is 1. The average molecular weight is 249 g/mol. The molecule has 0 aromatic heterocycles. The second kappa shape index (κ2) is 5.50. The van der Waals surface area contributed by atoms with Crippen molar-refractivity contribution in [3.63, 3.8) is 0 Å². The van der Waals surface area contributed by atoms with Gasteiger partial charge in [0.25, 0.3) is 0 Å². The van der Waals surface area contributed by atoms with E-state index in [1.165, 1.54) is 0 Å². The standard InChI is InChI=1S/C15H17ClO/c1-2-12-8-9-14(16)15(17)13(12)10-11-6-4-3-5-7-11/h3-7,10,12,14H,2,8-9H2,1H3. The number of benzene rings is 1. The van der Waals surface area contributed by atoms with Crippen LogP contribution in [0.25, 0.3) is 6.08 Å². The maximum absolute atomic E-state index is 12.1. The van der Waals surface area contributed by atoms with E-state index < -0.39 is 0 Å². The largest absolute Gasteiger partial charge is 0.293 e. The molecule has 1 fully saturated rings. The number of hydrogen-bond donors (Lipinski definition) is 0. The van der Waals surface area contributed by atoms with Crippen molar-refractivity contribution in [1.29, 1.82) is 0 Å². The fraction of sp³-hybridized carbons (Fsp3) is 0.400. The minimum atomic E-state index is -0.326. The summed E-state index contributed by atoms with van der Waals surface area (Å²) in [5, 5.41) is -0.326. The Balaban J connectivity index is 2.32. The molecule has 2 rings (SSSR count). The SMILES string of the molecule is CCC1CCC(Cl)C(=O)C1=Cc1ccccc1. The molecule has 90 valence electrons. The molecule has 0 heterocycles. The zero-order valence-electron chi connectivity index (χ0n) is 10.0. The molecule has 2 unspecified atom stereocenters. The van der Waals surface area contributed by atoms with Crippen LogP contribution in [0.4, 0.5) is 0 Å². The Morgan fingerprint density at radius 3 is 2.65 bits per heavy atom. The van der Waals surface area contributed by atoms with Gasteiger partial charge >= 0.3 is 0 Å². The summed E-state index contributed by atoms with van der Waals surface area (Å²) < 4.78 is 0. The van der Waals surface area contributed by atoms with Crippen LogP contribution < -0.4 is 0 Å². The molecule has 1 nitrogen and oxygen atoms in total. The van der Waals surface area contributed by atoms with Crippen LogP contribution in [0.5, 0.6) is 0 Å². The highest BCUT2D eigenvalue weighted by Crippen LogP contribution is 2.33. The van der Waals surface area contributed by atoms with E-state index in [9.17, 15) is 4.79 Å². The van der Waals surface area contributed by atoms with Crippen LogP contribution in [0.15, 0.2) is 35.9 Å². The summed E-state index contributed by atoms with van der Waals surface area (Å²) in [6, 6.07) is 9.99. The highest BCUT2D eigenvalue weighted by molar-refractivity contribution is 6.34. The zero-order chi connectivity index (χ0) is 12.3. The Morgan fingerprint density at radius 1 is 1.29 bits per heavy atom. The monoisotopic (exact) mass is 248 g/mol. The number of ketones is 1. The molecule has 1 aromatic carbocycles. The lowest BCUT2D eigenvalue weighted by atomic mass is 9.80. The summed E-state index contributed by atoms with van der Waals surface area (Å²) in [5.74, 6) is 0.492. The van der Waals surface area contributed by atoms with Crippen molar-refractivity contribution in [1.82, 2.24) is 0 Å². The predicted octanol–water partition coefficient (Wildman–Crippen LogP) is 4.07. The van der Waals surface area contributed by atoms with Gasteiger partial charge in [-0.25, -0.2) is 0 Å². The summed E-state index contributed by atoms with van der Waals surface area (Å²) in [6.07, 6.45) is 4.85. The molecular weight excluding hydrogens is 232 g/mol. The third-order valence-corrected chi connectivity index (χ3v) is 3.81. The van der Waals surface area contributed by atoms with Crippen LogP contribution in [0.2, 0.25) is 0 Å². The van der Waals surface area contributed by atoms with Crippen LogP contribution in [0.3, 0.4) is 0 Å². The van der Waals surface area contributed by atoms with E-state index in [2.05, 4.69) is 6.92 Å². The molecule has 2 atom stereocenters. The number of Topliss-reactive ketones (excluding diaryl/α,β-unsaturated/α-hetero) is 1. The van der Waals surface area contributed by atoms with Gasteiger partial charge < -0.3 is 0 Å². The lowest BCUT2D eigenvalue weighted by Crippen LogP contribution is -2.28. The maximum atomic E-state index is 12.1. The Labute approximate surface area is 107 Å². The molecule has 0 spiro atoms. The number of carbonyl (C=O) groups is 1. The predicted molar refractivity (Wildman–Crippen MR) is 72.1 cm³/mol. The summed E-state index contributed by atoms with van der Waals surface area (Å²) in [6.45, 7) is 2.13. The van der Waals surface area contributed by atoms with E-state index in [1.54, 1.807) is 0 Å². The van der Waals surface area contributed by atoms with Gasteiger partial charge in [0, 0.05) is 5.57 Å². The van der Waals surface area contributed by atoms with E-state index in [1.807, 2.05) is 36.4 Å². The van der Waals surface area contributed by atoms with Crippen molar-refractivity contribution in [3.05, 3.63) is 41.5 Å². The second-order valence-corrected chi connectivity index (χ2v) is 5.05. The molecule has 1 aliphatic carbocycles. The average Bonchev–Trinajstić information content (AvgIpc) is 2.37. The number of hydrogen-bond acceptors (Lipinski definition) is 1. The molecule has 0 amide bonds. The highest BCUT2D eigenvalue weighted by atomic mass is 35.5. The molecule has 1 saturated carbocycles. The van der Waals surface area contributed by atoms with E-state index in [-0.39, 0.29) is 11.2 Å². The van der Waals surface area contributed by atoms with E-state index >= 15 is 0 Å². The Morgan fingerprint density at radius 2 is 2.00 bits per heavy atom. The Hall–Kier alpha value is -1.08. The van der Waals surface area contributed by atoms with Gasteiger partial charge in [0.2, 0.25) is 0 Å². The number of rotatable bonds is 2. The zero-order valence-corrected chi connectivity index (χ0v) is 10.8. The van der Waals surface area contributed by atoms with Gasteiger partial charge in [-0.2, -0.15) is 0 Å². The van der Waals surface area contributed by atoms with Crippen molar-refractivity contribution in [3.8, 4) is 0 Å². The highest BCUT2D eigenvalue weighted by Gasteiger charge is 2.30. The van der Waals surface area contributed by atoms with Gasteiger partial charge in [-0.3, -0.25) is 4.79 Å². The molecule has 0 aliphatic heterocycles. The van der Waals surface area contributed by atoms with Gasteiger partial charge in [-0.15, -0.1) is 11.6 Å². The van der Waals surface area contributed by atoms with E-state index in [0.717, 1.165) is 30.4 Å². The minimum absolute atomic E-state index is 0.119. The van der Waals surface area contributed by atoms with Gasteiger partial charge in [-0.05, 0) is 36.8 Å². The minimum Gasteiger partial charge on any atom is -0.293 e. The quantitative estimate of drug-likeness (QED) is 0.570. The first-order chi connectivity index (χ1) is 8.22. The van der Waals surface area contributed by atoms with Crippen LogP contribution in [0, 0.1) is 5.92 Å². The Bertz CT molecular complexity index is 422. The van der Waals surface area contributed by atoms with Crippen molar-refractivity contribution < 1.29 is 4.79 Å². The van der Waals surface area contributed by atoms with Gasteiger partial charge in [-0.1, -0.05) is 37.3 Å². The van der Waals surface area contributed by atoms with E-state index in [0.29, 0.717) is 5.92 Å².